The third-order valence-corrected chi connectivity index (χ3v) is 6.28. The third kappa shape index (κ3) is 3.78. The SMILES string of the molecule is CC1(C)OB(c2ccc(CN3CCc4ccc(C(F)(F)F)cc43)cc2)OC1(C)C. The van der Waals surface area contributed by atoms with E-state index in [-0.39, 0.29) is 0 Å². The first-order valence-electron chi connectivity index (χ1n) is 9.86. The topological polar surface area (TPSA) is 21.7 Å². The molecule has 4 rings (SSSR count). The summed E-state index contributed by atoms with van der Waals surface area (Å²) in [5, 5.41) is 0. The van der Waals surface area contributed by atoms with E-state index in [1.807, 2.05) is 56.9 Å². The molecule has 2 heterocycles. The fraction of sp³-hybridized carbons (Fsp3) is 0.455. The first-order chi connectivity index (χ1) is 13.5. The van der Waals surface area contributed by atoms with Crippen LogP contribution in [0.2, 0.25) is 0 Å². The minimum Gasteiger partial charge on any atom is -0.399 e. The lowest BCUT2D eigenvalue weighted by Gasteiger charge is -2.32. The van der Waals surface area contributed by atoms with Gasteiger partial charge in [-0.05, 0) is 62.8 Å². The lowest BCUT2D eigenvalue weighted by Crippen LogP contribution is -2.41. The second-order valence-electron chi connectivity index (χ2n) is 8.84. The van der Waals surface area contributed by atoms with Gasteiger partial charge in [-0.1, -0.05) is 30.3 Å². The van der Waals surface area contributed by atoms with Gasteiger partial charge in [0, 0.05) is 18.8 Å². The van der Waals surface area contributed by atoms with Crippen LogP contribution in [0.5, 0.6) is 0 Å². The second kappa shape index (κ2) is 6.78. The van der Waals surface area contributed by atoms with Crippen LogP contribution >= 0.6 is 0 Å². The molecule has 0 bridgehead atoms. The average Bonchev–Trinajstić information content (AvgIpc) is 3.12. The van der Waals surface area contributed by atoms with Gasteiger partial charge in [0.15, 0.2) is 0 Å². The molecule has 0 N–H and O–H groups in total. The summed E-state index contributed by atoms with van der Waals surface area (Å²) in [4.78, 5) is 2.01. The van der Waals surface area contributed by atoms with Crippen LogP contribution in [0.15, 0.2) is 42.5 Å². The average molecular weight is 403 g/mol. The molecule has 0 unspecified atom stereocenters. The van der Waals surface area contributed by atoms with Crippen molar-refractivity contribution in [2.45, 2.75) is 58.0 Å². The Balaban J connectivity index is 1.49. The highest BCUT2D eigenvalue weighted by molar-refractivity contribution is 6.62. The Morgan fingerprint density at radius 1 is 0.966 bits per heavy atom. The van der Waals surface area contributed by atoms with Gasteiger partial charge in [0.25, 0.3) is 0 Å². The minimum absolute atomic E-state index is 0.397. The van der Waals surface area contributed by atoms with Crippen molar-refractivity contribution in [2.75, 3.05) is 11.4 Å². The Labute approximate surface area is 170 Å². The van der Waals surface area contributed by atoms with Crippen LogP contribution in [0.25, 0.3) is 0 Å². The van der Waals surface area contributed by atoms with Gasteiger partial charge >= 0.3 is 13.3 Å². The zero-order chi connectivity index (χ0) is 21.0. The molecule has 0 atom stereocenters. The number of hydrogen-bond donors (Lipinski definition) is 0. The molecule has 0 aromatic heterocycles. The van der Waals surface area contributed by atoms with Gasteiger partial charge in [-0.3, -0.25) is 0 Å². The van der Waals surface area contributed by atoms with Crippen molar-refractivity contribution in [2.24, 2.45) is 0 Å². The quantitative estimate of drug-likeness (QED) is 0.702. The predicted molar refractivity (Wildman–Crippen MR) is 108 cm³/mol. The summed E-state index contributed by atoms with van der Waals surface area (Å²) >= 11 is 0. The number of anilines is 1. The third-order valence-electron chi connectivity index (χ3n) is 6.28. The van der Waals surface area contributed by atoms with E-state index in [2.05, 4.69) is 0 Å². The molecule has 0 radical (unpaired) electrons. The highest BCUT2D eigenvalue weighted by atomic mass is 19.4. The summed E-state index contributed by atoms with van der Waals surface area (Å²) in [7, 11) is -0.420. The maximum atomic E-state index is 13.1. The minimum atomic E-state index is -4.33. The van der Waals surface area contributed by atoms with Gasteiger partial charge in [-0.2, -0.15) is 13.2 Å². The predicted octanol–water partition coefficient (Wildman–Crippen LogP) is 4.57. The molecule has 7 heteroatoms. The van der Waals surface area contributed by atoms with Crippen LogP contribution in [0, 0.1) is 0 Å². The zero-order valence-corrected chi connectivity index (χ0v) is 17.1. The molecule has 3 nitrogen and oxygen atoms in total. The highest BCUT2D eigenvalue weighted by Crippen LogP contribution is 2.38. The van der Waals surface area contributed by atoms with Crippen LogP contribution in [0.3, 0.4) is 0 Å². The summed E-state index contributed by atoms with van der Waals surface area (Å²) in [5.74, 6) is 0. The molecular weight excluding hydrogens is 378 g/mol. The van der Waals surface area contributed by atoms with Gasteiger partial charge in [0.2, 0.25) is 0 Å². The van der Waals surface area contributed by atoms with Gasteiger partial charge < -0.3 is 14.2 Å². The highest BCUT2D eigenvalue weighted by Gasteiger charge is 2.51. The van der Waals surface area contributed by atoms with E-state index >= 15 is 0 Å². The van der Waals surface area contributed by atoms with Crippen molar-refractivity contribution in [3.63, 3.8) is 0 Å². The molecule has 2 aliphatic rings. The standard InChI is InChI=1S/C22H25BF3NO2/c1-20(2)21(3,4)29-23(28-20)18-9-5-15(6-10-18)14-27-12-11-16-7-8-17(13-19(16)27)22(24,25)26/h5-10,13H,11-12,14H2,1-4H3. The number of hydrogen-bond acceptors (Lipinski definition) is 3. The van der Waals surface area contributed by atoms with E-state index in [9.17, 15) is 13.2 Å². The molecule has 0 amide bonds. The van der Waals surface area contributed by atoms with Gasteiger partial charge in [-0.25, -0.2) is 0 Å². The second-order valence-corrected chi connectivity index (χ2v) is 8.84. The zero-order valence-electron chi connectivity index (χ0n) is 17.1. The maximum Gasteiger partial charge on any atom is 0.494 e. The Morgan fingerprint density at radius 3 is 2.17 bits per heavy atom. The first kappa shape index (κ1) is 20.3. The van der Waals surface area contributed by atoms with E-state index in [4.69, 9.17) is 9.31 Å². The largest absolute Gasteiger partial charge is 0.494 e. The number of benzene rings is 2. The molecule has 2 aliphatic heterocycles. The van der Waals surface area contributed by atoms with Crippen molar-refractivity contribution in [3.05, 3.63) is 59.2 Å². The summed E-state index contributed by atoms with van der Waals surface area (Å²) < 4.78 is 51.4. The molecule has 0 spiro atoms. The van der Waals surface area contributed by atoms with Gasteiger partial charge in [0.05, 0.1) is 16.8 Å². The lowest BCUT2D eigenvalue weighted by atomic mass is 9.79. The van der Waals surface area contributed by atoms with Crippen LogP contribution in [-0.4, -0.2) is 24.9 Å². The van der Waals surface area contributed by atoms with Crippen LogP contribution in [0.4, 0.5) is 18.9 Å². The van der Waals surface area contributed by atoms with E-state index in [1.165, 1.54) is 12.1 Å². The monoisotopic (exact) mass is 403 g/mol. The summed E-state index contributed by atoms with van der Waals surface area (Å²) in [6, 6.07) is 12.0. The Bertz CT molecular complexity index is 893. The normalized spacial score (nSPS) is 20.2. The number of alkyl halides is 3. The molecule has 1 saturated heterocycles. The Morgan fingerprint density at radius 2 is 1.59 bits per heavy atom. The summed E-state index contributed by atoms with van der Waals surface area (Å²) in [5.41, 5.74) is 2.22. The van der Waals surface area contributed by atoms with Crippen molar-refractivity contribution in [1.82, 2.24) is 0 Å². The van der Waals surface area contributed by atoms with Gasteiger partial charge in [0.1, 0.15) is 0 Å². The van der Waals surface area contributed by atoms with Crippen LogP contribution < -0.4 is 10.4 Å². The van der Waals surface area contributed by atoms with E-state index in [0.717, 1.165) is 29.6 Å². The number of fused-ring (bicyclic) bond motifs is 1. The number of halogens is 3. The molecule has 29 heavy (non-hydrogen) atoms. The first-order valence-corrected chi connectivity index (χ1v) is 9.86. The summed E-state index contributed by atoms with van der Waals surface area (Å²) in [6.07, 6.45) is -3.56. The molecule has 0 aliphatic carbocycles. The summed E-state index contributed by atoms with van der Waals surface area (Å²) in [6.45, 7) is 9.35. The fourth-order valence-corrected chi connectivity index (χ4v) is 3.77. The molecule has 1 fully saturated rings. The van der Waals surface area contributed by atoms with Crippen molar-refractivity contribution < 1.29 is 22.5 Å². The van der Waals surface area contributed by atoms with Crippen LogP contribution in [0.1, 0.15) is 44.4 Å². The van der Waals surface area contributed by atoms with Crippen molar-refractivity contribution >= 4 is 18.3 Å². The fourth-order valence-electron chi connectivity index (χ4n) is 3.77. The maximum absolute atomic E-state index is 13.1. The molecule has 2 aromatic carbocycles. The van der Waals surface area contributed by atoms with Crippen molar-refractivity contribution in [1.29, 1.82) is 0 Å². The van der Waals surface area contributed by atoms with Crippen molar-refractivity contribution in [3.8, 4) is 0 Å². The van der Waals surface area contributed by atoms with Gasteiger partial charge in [-0.15, -0.1) is 0 Å². The lowest BCUT2D eigenvalue weighted by molar-refractivity contribution is -0.137. The Kier molecular flexibility index (Phi) is 4.74. The Hall–Kier alpha value is -1.99. The van der Waals surface area contributed by atoms with E-state index in [1.54, 1.807) is 6.07 Å². The molecule has 0 saturated carbocycles. The van der Waals surface area contributed by atoms with Crippen LogP contribution in [-0.2, 0) is 28.5 Å². The molecule has 2 aromatic rings. The molecular formula is C22H25BF3NO2. The number of nitrogens with zero attached hydrogens (tertiary/aromatic N) is 1. The molecule has 154 valence electrons. The number of rotatable bonds is 3. The van der Waals surface area contributed by atoms with E-state index in [0.29, 0.717) is 12.2 Å². The van der Waals surface area contributed by atoms with E-state index < -0.39 is 30.1 Å². The smallest absolute Gasteiger partial charge is 0.399 e.